The Morgan fingerprint density at radius 2 is 1.69 bits per heavy atom. The van der Waals surface area contributed by atoms with E-state index >= 15 is 0 Å². The maximum atomic E-state index is 2.67. The van der Waals surface area contributed by atoms with Crippen molar-refractivity contribution < 1.29 is 0 Å². The van der Waals surface area contributed by atoms with E-state index < -0.39 is 0 Å². The van der Waals surface area contributed by atoms with Crippen LogP contribution in [0.15, 0.2) is 0 Å². The minimum absolute atomic E-state index is 0.984. The zero-order valence-electron chi connectivity index (χ0n) is 8.84. The molecule has 76 valence electrons. The lowest BCUT2D eigenvalue weighted by molar-refractivity contribution is 0.0659. The number of rotatable bonds is 3. The van der Waals surface area contributed by atoms with Crippen LogP contribution in [0.3, 0.4) is 0 Å². The smallest absolute Gasteiger partial charge is 0.00342 e. The molecule has 2 nitrogen and oxygen atoms in total. The molecule has 0 atom stereocenters. The van der Waals surface area contributed by atoms with Crippen LogP contribution >= 0.6 is 0 Å². The second-order valence-electron chi connectivity index (χ2n) is 4.58. The maximum absolute atomic E-state index is 2.67. The summed E-state index contributed by atoms with van der Waals surface area (Å²) in [5.74, 6) is 0.984. The quantitative estimate of drug-likeness (QED) is 0.651. The molecule has 0 N–H and O–H groups in total. The van der Waals surface area contributed by atoms with Gasteiger partial charge >= 0.3 is 0 Å². The van der Waals surface area contributed by atoms with Crippen LogP contribution in [-0.4, -0.2) is 49.1 Å². The molecule has 2 saturated heterocycles. The fraction of sp³-hybridized carbons (Fsp3) is 1.00. The van der Waals surface area contributed by atoms with Gasteiger partial charge in [0.2, 0.25) is 0 Å². The van der Waals surface area contributed by atoms with E-state index in [1.807, 2.05) is 0 Å². The van der Waals surface area contributed by atoms with Crippen molar-refractivity contribution >= 4 is 0 Å². The van der Waals surface area contributed by atoms with E-state index in [1.165, 1.54) is 58.5 Å². The SMILES string of the molecule is CCN1CC(CN2CCCCC2)C1. The third-order valence-corrected chi connectivity index (χ3v) is 3.45. The molecule has 2 fully saturated rings. The van der Waals surface area contributed by atoms with Gasteiger partial charge < -0.3 is 9.80 Å². The molecule has 0 spiro atoms. The van der Waals surface area contributed by atoms with Gasteiger partial charge in [0.15, 0.2) is 0 Å². The molecule has 2 aliphatic heterocycles. The van der Waals surface area contributed by atoms with Crippen molar-refractivity contribution in [1.29, 1.82) is 0 Å². The average Bonchev–Trinajstić information content (AvgIpc) is 2.12. The predicted molar refractivity (Wildman–Crippen MR) is 55.9 cm³/mol. The molecule has 0 aromatic heterocycles. The molecule has 2 heteroatoms. The molecule has 0 amide bonds. The second kappa shape index (κ2) is 4.43. The van der Waals surface area contributed by atoms with E-state index in [0.717, 1.165) is 5.92 Å². The summed E-state index contributed by atoms with van der Waals surface area (Å²) >= 11 is 0. The number of likely N-dealkylation sites (tertiary alicyclic amines) is 2. The Labute approximate surface area is 81.9 Å². The lowest BCUT2D eigenvalue weighted by Gasteiger charge is -2.42. The molecule has 2 aliphatic rings. The Bertz CT molecular complexity index is 146. The summed E-state index contributed by atoms with van der Waals surface area (Å²) in [5, 5.41) is 0. The van der Waals surface area contributed by atoms with E-state index in [9.17, 15) is 0 Å². The van der Waals surface area contributed by atoms with E-state index in [0.29, 0.717) is 0 Å². The van der Waals surface area contributed by atoms with Crippen LogP contribution in [0.1, 0.15) is 26.2 Å². The summed E-state index contributed by atoms with van der Waals surface area (Å²) in [6.07, 6.45) is 4.33. The first kappa shape index (κ1) is 9.47. The van der Waals surface area contributed by atoms with Crippen molar-refractivity contribution in [2.45, 2.75) is 26.2 Å². The molecule has 0 aromatic rings. The van der Waals surface area contributed by atoms with Gasteiger partial charge in [-0.25, -0.2) is 0 Å². The van der Waals surface area contributed by atoms with Gasteiger partial charge in [-0.2, -0.15) is 0 Å². The van der Waals surface area contributed by atoms with Gasteiger partial charge in [-0.1, -0.05) is 13.3 Å². The van der Waals surface area contributed by atoms with Gasteiger partial charge in [-0.3, -0.25) is 0 Å². The summed E-state index contributed by atoms with van der Waals surface area (Å²) in [6.45, 7) is 10.3. The first-order chi connectivity index (χ1) is 6.38. The first-order valence-electron chi connectivity index (χ1n) is 5.83. The normalized spacial score (nSPS) is 27.5. The minimum Gasteiger partial charge on any atom is -0.303 e. The number of hydrogen-bond donors (Lipinski definition) is 0. The molecule has 0 saturated carbocycles. The molecular formula is C11H22N2. The summed E-state index contributed by atoms with van der Waals surface area (Å²) in [4.78, 5) is 5.20. The molecule has 2 rings (SSSR count). The van der Waals surface area contributed by atoms with Crippen LogP contribution in [0.5, 0.6) is 0 Å². The topological polar surface area (TPSA) is 6.48 Å². The summed E-state index contributed by atoms with van der Waals surface area (Å²) in [7, 11) is 0. The molecule has 0 aliphatic carbocycles. The second-order valence-corrected chi connectivity index (χ2v) is 4.58. The highest BCUT2D eigenvalue weighted by Crippen LogP contribution is 2.18. The van der Waals surface area contributed by atoms with Gasteiger partial charge in [-0.15, -0.1) is 0 Å². The molecule has 13 heavy (non-hydrogen) atoms. The van der Waals surface area contributed by atoms with Crippen LogP contribution in [0.2, 0.25) is 0 Å². The number of piperidine rings is 1. The minimum atomic E-state index is 0.984. The largest absolute Gasteiger partial charge is 0.303 e. The van der Waals surface area contributed by atoms with Gasteiger partial charge in [0.25, 0.3) is 0 Å². The van der Waals surface area contributed by atoms with Crippen molar-refractivity contribution in [1.82, 2.24) is 9.80 Å². The van der Waals surface area contributed by atoms with Gasteiger partial charge in [0.05, 0.1) is 0 Å². The predicted octanol–water partition coefficient (Wildman–Crippen LogP) is 1.42. The lowest BCUT2D eigenvalue weighted by atomic mass is 9.98. The zero-order chi connectivity index (χ0) is 9.10. The van der Waals surface area contributed by atoms with Crippen LogP contribution in [0, 0.1) is 5.92 Å². The average molecular weight is 182 g/mol. The lowest BCUT2D eigenvalue weighted by Crippen LogP contribution is -2.51. The molecule has 0 aromatic carbocycles. The highest BCUT2D eigenvalue weighted by molar-refractivity contribution is 4.82. The summed E-state index contributed by atoms with van der Waals surface area (Å²) < 4.78 is 0. The monoisotopic (exact) mass is 182 g/mol. The first-order valence-corrected chi connectivity index (χ1v) is 5.83. The van der Waals surface area contributed by atoms with Gasteiger partial charge in [0, 0.05) is 19.6 Å². The number of hydrogen-bond acceptors (Lipinski definition) is 2. The molecule has 2 heterocycles. The molecular weight excluding hydrogens is 160 g/mol. The van der Waals surface area contributed by atoms with Crippen LogP contribution in [0.4, 0.5) is 0 Å². The fourth-order valence-electron chi connectivity index (χ4n) is 2.56. The standard InChI is InChI=1S/C11H22N2/c1-2-12-8-11(9-12)10-13-6-4-3-5-7-13/h11H,2-10H2,1H3. The van der Waals surface area contributed by atoms with Crippen LogP contribution in [0.25, 0.3) is 0 Å². The summed E-state index contributed by atoms with van der Waals surface area (Å²) in [6, 6.07) is 0. The number of nitrogens with zero attached hydrogens (tertiary/aromatic N) is 2. The Balaban J connectivity index is 1.62. The van der Waals surface area contributed by atoms with E-state index in [2.05, 4.69) is 16.7 Å². The van der Waals surface area contributed by atoms with E-state index in [4.69, 9.17) is 0 Å². The van der Waals surface area contributed by atoms with Crippen LogP contribution in [-0.2, 0) is 0 Å². The Hall–Kier alpha value is -0.0800. The Morgan fingerprint density at radius 3 is 2.31 bits per heavy atom. The highest BCUT2D eigenvalue weighted by atomic mass is 15.2. The molecule has 0 unspecified atom stereocenters. The van der Waals surface area contributed by atoms with Crippen molar-refractivity contribution in [3.8, 4) is 0 Å². The Morgan fingerprint density at radius 1 is 1.00 bits per heavy atom. The van der Waals surface area contributed by atoms with Crippen molar-refractivity contribution in [3.63, 3.8) is 0 Å². The van der Waals surface area contributed by atoms with Gasteiger partial charge in [0.1, 0.15) is 0 Å². The highest BCUT2D eigenvalue weighted by Gasteiger charge is 2.27. The van der Waals surface area contributed by atoms with Crippen LogP contribution < -0.4 is 0 Å². The summed E-state index contributed by atoms with van der Waals surface area (Å²) in [5.41, 5.74) is 0. The molecule has 0 bridgehead atoms. The zero-order valence-corrected chi connectivity index (χ0v) is 8.84. The Kier molecular flexibility index (Phi) is 3.23. The van der Waals surface area contributed by atoms with Crippen molar-refractivity contribution in [2.75, 3.05) is 39.3 Å². The maximum Gasteiger partial charge on any atom is 0.00342 e. The third-order valence-electron chi connectivity index (χ3n) is 3.45. The molecule has 0 radical (unpaired) electrons. The van der Waals surface area contributed by atoms with Crippen molar-refractivity contribution in [2.24, 2.45) is 5.92 Å². The fourth-order valence-corrected chi connectivity index (χ4v) is 2.56. The third kappa shape index (κ3) is 2.44. The van der Waals surface area contributed by atoms with Crippen molar-refractivity contribution in [3.05, 3.63) is 0 Å². The van der Waals surface area contributed by atoms with E-state index in [1.54, 1.807) is 0 Å². The van der Waals surface area contributed by atoms with Gasteiger partial charge in [-0.05, 0) is 38.4 Å². The van der Waals surface area contributed by atoms with E-state index in [-0.39, 0.29) is 0 Å².